The van der Waals surface area contributed by atoms with E-state index in [9.17, 15) is 9.59 Å². The van der Waals surface area contributed by atoms with Crippen molar-refractivity contribution in [1.82, 2.24) is 0 Å². The molecule has 23 heavy (non-hydrogen) atoms. The van der Waals surface area contributed by atoms with Gasteiger partial charge in [0.15, 0.2) is 5.92 Å². The van der Waals surface area contributed by atoms with Crippen molar-refractivity contribution in [3.63, 3.8) is 0 Å². The molecule has 0 rings (SSSR count). The molecule has 0 N–H and O–H groups in total. The van der Waals surface area contributed by atoms with Crippen molar-refractivity contribution in [2.75, 3.05) is 13.2 Å². The lowest BCUT2D eigenvalue weighted by Gasteiger charge is -2.36. The Bertz CT molecular complexity index is 333. The lowest BCUT2D eigenvalue weighted by Crippen LogP contribution is -2.35. The number of rotatable bonds is 12. The summed E-state index contributed by atoms with van der Waals surface area (Å²) in [4.78, 5) is 24.6. The van der Waals surface area contributed by atoms with Crippen LogP contribution in [0.15, 0.2) is 0 Å². The smallest absolute Gasteiger partial charge is 0.320 e. The fraction of sp³-hybridized carbons (Fsp3) is 0.895. The van der Waals surface area contributed by atoms with Crippen LogP contribution in [0.2, 0.25) is 0 Å². The molecule has 0 aromatic rings. The Hall–Kier alpha value is -1.06. The Balaban J connectivity index is 5.36. The number of esters is 2. The molecule has 0 saturated carbocycles. The third kappa shape index (κ3) is 7.85. The summed E-state index contributed by atoms with van der Waals surface area (Å²) < 4.78 is 10.3. The van der Waals surface area contributed by atoms with Crippen LogP contribution in [0.25, 0.3) is 0 Å². The molecule has 0 saturated heterocycles. The van der Waals surface area contributed by atoms with Crippen LogP contribution in [0.4, 0.5) is 0 Å². The Kier molecular flexibility index (Phi) is 10.9. The first-order valence-corrected chi connectivity index (χ1v) is 9.19. The van der Waals surface area contributed by atoms with Crippen LogP contribution >= 0.6 is 0 Å². The van der Waals surface area contributed by atoms with Crippen LogP contribution in [-0.2, 0) is 19.1 Å². The average molecular weight is 328 g/mol. The van der Waals surface area contributed by atoms with Crippen molar-refractivity contribution < 1.29 is 19.1 Å². The molecule has 1 atom stereocenters. The summed E-state index contributed by atoms with van der Waals surface area (Å²) in [6.45, 7) is 12.8. The predicted molar refractivity (Wildman–Crippen MR) is 93.1 cm³/mol. The molecule has 0 aromatic carbocycles. The third-order valence-electron chi connectivity index (χ3n) is 4.43. The van der Waals surface area contributed by atoms with E-state index in [0.717, 1.165) is 32.1 Å². The van der Waals surface area contributed by atoms with Crippen LogP contribution in [-0.4, -0.2) is 25.2 Å². The van der Waals surface area contributed by atoms with Gasteiger partial charge in [0.05, 0.1) is 13.2 Å². The van der Waals surface area contributed by atoms with Crippen LogP contribution in [0.1, 0.15) is 80.1 Å². The number of carbonyl (C=O) groups excluding carboxylic acids is 2. The van der Waals surface area contributed by atoms with Crippen molar-refractivity contribution in [2.45, 2.75) is 80.1 Å². The molecule has 0 heterocycles. The first-order valence-electron chi connectivity index (χ1n) is 9.19. The molecule has 0 aliphatic rings. The van der Waals surface area contributed by atoms with Crippen LogP contribution in [0.5, 0.6) is 0 Å². The summed E-state index contributed by atoms with van der Waals surface area (Å²) in [6.07, 6.45) is 5.76. The zero-order chi connectivity index (χ0) is 17.9. The Morgan fingerprint density at radius 3 is 1.78 bits per heavy atom. The minimum atomic E-state index is -0.801. The normalized spacial score (nSPS) is 13.9. The Morgan fingerprint density at radius 2 is 1.43 bits per heavy atom. The standard InChI is InChI=1S/C19H36O4/c1-7-11-12-19(8-2,13-15(5)6)14-16(17(20)22-9-3)18(21)23-10-4/h15-16H,7-14H2,1-6H3. The molecule has 0 aliphatic carbocycles. The first-order chi connectivity index (χ1) is 10.9. The van der Waals surface area contributed by atoms with E-state index in [1.54, 1.807) is 13.8 Å². The van der Waals surface area contributed by atoms with Crippen LogP contribution in [0.3, 0.4) is 0 Å². The van der Waals surface area contributed by atoms with Crippen LogP contribution in [0, 0.1) is 17.3 Å². The average Bonchev–Trinajstić information content (AvgIpc) is 2.49. The Labute approximate surface area is 142 Å². The van der Waals surface area contributed by atoms with Gasteiger partial charge in [-0.15, -0.1) is 0 Å². The first kappa shape index (κ1) is 21.9. The highest BCUT2D eigenvalue weighted by Gasteiger charge is 2.39. The number of ether oxygens (including phenoxy) is 2. The monoisotopic (exact) mass is 328 g/mol. The predicted octanol–water partition coefficient (Wildman–Crippen LogP) is 4.75. The summed E-state index contributed by atoms with van der Waals surface area (Å²) in [5, 5.41) is 0. The second-order valence-corrected chi connectivity index (χ2v) is 6.82. The molecule has 4 nitrogen and oxygen atoms in total. The van der Waals surface area contributed by atoms with Gasteiger partial charge in [-0.1, -0.05) is 47.0 Å². The fourth-order valence-corrected chi connectivity index (χ4v) is 3.35. The van der Waals surface area contributed by atoms with E-state index >= 15 is 0 Å². The molecule has 0 amide bonds. The van der Waals surface area contributed by atoms with Gasteiger partial charge in [0.1, 0.15) is 0 Å². The second kappa shape index (κ2) is 11.5. The molecule has 0 spiro atoms. The summed E-state index contributed by atoms with van der Waals surface area (Å²) >= 11 is 0. The van der Waals surface area contributed by atoms with E-state index in [0.29, 0.717) is 12.3 Å². The quantitative estimate of drug-likeness (QED) is 0.383. The third-order valence-corrected chi connectivity index (χ3v) is 4.43. The molecule has 0 radical (unpaired) electrons. The van der Waals surface area contributed by atoms with Gasteiger partial charge in [-0.05, 0) is 44.4 Å². The molecule has 136 valence electrons. The van der Waals surface area contributed by atoms with E-state index < -0.39 is 17.9 Å². The van der Waals surface area contributed by atoms with Crippen molar-refractivity contribution in [3.05, 3.63) is 0 Å². The maximum atomic E-state index is 12.3. The van der Waals surface area contributed by atoms with Gasteiger partial charge >= 0.3 is 11.9 Å². The van der Waals surface area contributed by atoms with E-state index in [1.807, 2.05) is 0 Å². The van der Waals surface area contributed by atoms with Gasteiger partial charge in [-0.25, -0.2) is 0 Å². The summed E-state index contributed by atoms with van der Waals surface area (Å²) in [5.41, 5.74) is -0.00559. The SMILES string of the molecule is CCCCC(CC)(CC(C)C)CC(C(=O)OCC)C(=O)OCC. The van der Waals surface area contributed by atoms with Crippen molar-refractivity contribution in [2.24, 2.45) is 17.3 Å². The van der Waals surface area contributed by atoms with E-state index in [2.05, 4.69) is 27.7 Å². The lowest BCUT2D eigenvalue weighted by atomic mass is 9.69. The minimum Gasteiger partial charge on any atom is -0.465 e. The molecular weight excluding hydrogens is 292 g/mol. The van der Waals surface area contributed by atoms with E-state index in [4.69, 9.17) is 9.47 Å². The maximum absolute atomic E-state index is 12.3. The number of hydrogen-bond donors (Lipinski definition) is 0. The largest absolute Gasteiger partial charge is 0.465 e. The molecule has 1 unspecified atom stereocenters. The molecule has 0 aromatic heterocycles. The molecule has 0 fully saturated rings. The summed E-state index contributed by atoms with van der Waals surface area (Å²) in [5.74, 6) is -1.16. The van der Waals surface area contributed by atoms with Gasteiger partial charge < -0.3 is 9.47 Å². The highest BCUT2D eigenvalue weighted by Crippen LogP contribution is 2.42. The van der Waals surface area contributed by atoms with Gasteiger partial charge in [-0.2, -0.15) is 0 Å². The number of carbonyl (C=O) groups is 2. The molecule has 0 aliphatic heterocycles. The topological polar surface area (TPSA) is 52.6 Å². The van der Waals surface area contributed by atoms with Crippen LogP contribution < -0.4 is 0 Å². The Morgan fingerprint density at radius 1 is 0.913 bits per heavy atom. The van der Waals surface area contributed by atoms with E-state index in [1.165, 1.54) is 0 Å². The van der Waals surface area contributed by atoms with Gasteiger partial charge in [0.25, 0.3) is 0 Å². The lowest BCUT2D eigenvalue weighted by molar-refractivity contribution is -0.163. The highest BCUT2D eigenvalue weighted by molar-refractivity contribution is 5.94. The summed E-state index contributed by atoms with van der Waals surface area (Å²) in [7, 11) is 0. The van der Waals surface area contributed by atoms with Crippen molar-refractivity contribution >= 4 is 11.9 Å². The zero-order valence-electron chi connectivity index (χ0n) is 15.9. The van der Waals surface area contributed by atoms with Gasteiger partial charge in [-0.3, -0.25) is 9.59 Å². The van der Waals surface area contributed by atoms with E-state index in [-0.39, 0.29) is 18.6 Å². The molecule has 0 bridgehead atoms. The van der Waals surface area contributed by atoms with Gasteiger partial charge in [0, 0.05) is 0 Å². The number of hydrogen-bond acceptors (Lipinski definition) is 4. The minimum absolute atomic E-state index is 0.00559. The van der Waals surface area contributed by atoms with Crippen molar-refractivity contribution in [1.29, 1.82) is 0 Å². The molecular formula is C19H36O4. The second-order valence-electron chi connectivity index (χ2n) is 6.82. The summed E-state index contributed by atoms with van der Waals surface area (Å²) in [6, 6.07) is 0. The zero-order valence-corrected chi connectivity index (χ0v) is 15.9. The van der Waals surface area contributed by atoms with Crippen molar-refractivity contribution in [3.8, 4) is 0 Å². The maximum Gasteiger partial charge on any atom is 0.320 e. The molecule has 4 heteroatoms. The highest BCUT2D eigenvalue weighted by atomic mass is 16.6. The fourth-order valence-electron chi connectivity index (χ4n) is 3.35. The van der Waals surface area contributed by atoms with Gasteiger partial charge in [0.2, 0.25) is 0 Å². The number of unbranched alkanes of at least 4 members (excludes halogenated alkanes) is 1.